The number of carbonyl (C=O) groups excluding carboxylic acids is 1. The molecule has 2 unspecified atom stereocenters. The molecule has 0 aliphatic rings. The van der Waals surface area contributed by atoms with Crippen LogP contribution in [-0.2, 0) is 4.79 Å². The van der Waals surface area contributed by atoms with Gasteiger partial charge < -0.3 is 15.2 Å². The van der Waals surface area contributed by atoms with Crippen molar-refractivity contribution in [1.82, 2.24) is 5.32 Å². The molecule has 5 heteroatoms. The first-order valence-corrected chi connectivity index (χ1v) is 5.31. The van der Waals surface area contributed by atoms with Gasteiger partial charge >= 0.3 is 0 Å². The highest BCUT2D eigenvalue weighted by atomic mass is 19.1. The van der Waals surface area contributed by atoms with E-state index in [0.717, 1.165) is 0 Å². The van der Waals surface area contributed by atoms with E-state index in [2.05, 4.69) is 5.32 Å². The van der Waals surface area contributed by atoms with Crippen LogP contribution < -0.4 is 10.1 Å². The van der Waals surface area contributed by atoms with Crippen LogP contribution in [0.1, 0.15) is 25.5 Å². The quantitative estimate of drug-likeness (QED) is 0.837. The van der Waals surface area contributed by atoms with Crippen molar-refractivity contribution in [2.75, 3.05) is 7.05 Å². The minimum atomic E-state index is -0.771. The number of nitrogens with one attached hydrogen (secondary N) is 1. The fourth-order valence-electron chi connectivity index (χ4n) is 1.32. The summed E-state index contributed by atoms with van der Waals surface area (Å²) in [4.78, 5) is 11.2. The van der Waals surface area contributed by atoms with E-state index in [1.807, 2.05) is 0 Å². The minimum Gasteiger partial charge on any atom is -0.478 e. The highest BCUT2D eigenvalue weighted by molar-refractivity contribution is 5.80. The predicted molar refractivity (Wildman–Crippen MR) is 61.2 cm³/mol. The number of aliphatic hydroxyl groups is 1. The number of amides is 1. The lowest BCUT2D eigenvalue weighted by atomic mass is 10.1. The van der Waals surface area contributed by atoms with Gasteiger partial charge in [0, 0.05) is 7.05 Å². The van der Waals surface area contributed by atoms with Crippen LogP contribution in [0.4, 0.5) is 4.39 Å². The second kappa shape index (κ2) is 5.63. The molecular formula is C12H16FNO3. The second-order valence-corrected chi connectivity index (χ2v) is 3.74. The molecule has 0 radical (unpaired) electrons. The smallest absolute Gasteiger partial charge is 0.260 e. The topological polar surface area (TPSA) is 58.6 Å². The van der Waals surface area contributed by atoms with Crippen molar-refractivity contribution in [3.63, 3.8) is 0 Å². The fraction of sp³-hybridized carbons (Fsp3) is 0.417. The molecule has 0 saturated heterocycles. The van der Waals surface area contributed by atoms with Crippen molar-refractivity contribution >= 4 is 5.91 Å². The van der Waals surface area contributed by atoms with Crippen molar-refractivity contribution in [3.8, 4) is 5.75 Å². The summed E-state index contributed by atoms with van der Waals surface area (Å²) in [6.45, 7) is 3.07. The average Bonchev–Trinajstić information content (AvgIpc) is 2.30. The van der Waals surface area contributed by atoms with Gasteiger partial charge in [-0.05, 0) is 31.5 Å². The van der Waals surface area contributed by atoms with Gasteiger partial charge in [0.25, 0.3) is 5.91 Å². The van der Waals surface area contributed by atoms with Crippen molar-refractivity contribution < 1.29 is 19.0 Å². The fourth-order valence-corrected chi connectivity index (χ4v) is 1.32. The van der Waals surface area contributed by atoms with E-state index < -0.39 is 18.0 Å². The van der Waals surface area contributed by atoms with Crippen molar-refractivity contribution in [1.29, 1.82) is 0 Å². The van der Waals surface area contributed by atoms with Gasteiger partial charge in [0.15, 0.2) is 17.7 Å². The summed E-state index contributed by atoms with van der Waals surface area (Å²) in [6.07, 6.45) is -1.51. The number of carbonyl (C=O) groups is 1. The SMILES string of the molecule is CNC(=O)C(C)Oc1ccc(C(C)O)cc1F. The molecule has 94 valence electrons. The molecule has 0 heterocycles. The van der Waals surface area contributed by atoms with Gasteiger partial charge in [-0.1, -0.05) is 6.07 Å². The Morgan fingerprint density at radius 2 is 2.12 bits per heavy atom. The van der Waals surface area contributed by atoms with Crippen LogP contribution in [0.3, 0.4) is 0 Å². The van der Waals surface area contributed by atoms with Crippen molar-refractivity contribution in [2.24, 2.45) is 0 Å². The zero-order valence-corrected chi connectivity index (χ0v) is 10.0. The Bertz CT molecular complexity index is 407. The Balaban J connectivity index is 2.83. The lowest BCUT2D eigenvalue weighted by Gasteiger charge is -2.14. The molecule has 0 bridgehead atoms. The number of rotatable bonds is 4. The first kappa shape index (κ1) is 13.4. The molecule has 0 aliphatic heterocycles. The molecule has 1 rings (SSSR count). The largest absolute Gasteiger partial charge is 0.478 e. The third kappa shape index (κ3) is 3.42. The standard InChI is InChI=1S/C12H16FNO3/c1-7(15)9-4-5-11(10(13)6-9)17-8(2)12(16)14-3/h4-8,15H,1-3H3,(H,14,16). The maximum Gasteiger partial charge on any atom is 0.260 e. The van der Waals surface area contributed by atoms with Crippen LogP contribution in [0, 0.1) is 5.82 Å². The first-order valence-electron chi connectivity index (χ1n) is 5.31. The number of likely N-dealkylation sites (N-methyl/N-ethyl adjacent to an activating group) is 1. The molecule has 0 aliphatic carbocycles. The van der Waals surface area contributed by atoms with E-state index in [9.17, 15) is 14.3 Å². The summed E-state index contributed by atoms with van der Waals surface area (Å²) in [6, 6.07) is 4.15. The number of benzene rings is 1. The zero-order valence-electron chi connectivity index (χ0n) is 10.0. The number of ether oxygens (including phenoxy) is 1. The maximum atomic E-state index is 13.6. The van der Waals surface area contributed by atoms with Crippen LogP contribution in [0.25, 0.3) is 0 Å². The average molecular weight is 241 g/mol. The summed E-state index contributed by atoms with van der Waals surface area (Å²) in [5.74, 6) is -0.936. The normalized spacial score (nSPS) is 13.9. The van der Waals surface area contributed by atoms with E-state index in [4.69, 9.17) is 4.74 Å². The molecule has 4 nitrogen and oxygen atoms in total. The van der Waals surface area contributed by atoms with Gasteiger partial charge in [-0.25, -0.2) is 4.39 Å². The monoisotopic (exact) mass is 241 g/mol. The van der Waals surface area contributed by atoms with Gasteiger partial charge in [-0.3, -0.25) is 4.79 Å². The van der Waals surface area contributed by atoms with E-state index in [1.165, 1.54) is 26.1 Å². The van der Waals surface area contributed by atoms with Gasteiger partial charge in [-0.15, -0.1) is 0 Å². The van der Waals surface area contributed by atoms with E-state index in [0.29, 0.717) is 5.56 Å². The highest BCUT2D eigenvalue weighted by Crippen LogP contribution is 2.22. The van der Waals surface area contributed by atoms with Gasteiger partial charge in [-0.2, -0.15) is 0 Å². The van der Waals surface area contributed by atoms with Crippen LogP contribution in [0.5, 0.6) is 5.75 Å². The highest BCUT2D eigenvalue weighted by Gasteiger charge is 2.15. The number of hydrogen-bond acceptors (Lipinski definition) is 3. The number of halogens is 1. The summed E-state index contributed by atoms with van der Waals surface area (Å²) < 4.78 is 18.7. The lowest BCUT2D eigenvalue weighted by molar-refractivity contribution is -0.126. The maximum absolute atomic E-state index is 13.6. The Hall–Kier alpha value is -1.62. The van der Waals surface area contributed by atoms with Crippen LogP contribution in [0.15, 0.2) is 18.2 Å². The number of aliphatic hydroxyl groups excluding tert-OH is 1. The molecule has 0 fully saturated rings. The van der Waals surface area contributed by atoms with E-state index >= 15 is 0 Å². The third-order valence-electron chi connectivity index (χ3n) is 2.36. The second-order valence-electron chi connectivity index (χ2n) is 3.74. The summed E-state index contributed by atoms with van der Waals surface area (Å²) in [5, 5.41) is 11.7. The summed E-state index contributed by atoms with van der Waals surface area (Å²) in [5.41, 5.74) is 0.461. The molecule has 0 aromatic heterocycles. The molecule has 0 saturated carbocycles. The number of hydrogen-bond donors (Lipinski definition) is 2. The lowest BCUT2D eigenvalue weighted by Crippen LogP contribution is -2.33. The minimum absolute atomic E-state index is 0.00880. The molecule has 1 aromatic rings. The predicted octanol–water partition coefficient (Wildman–Crippen LogP) is 1.39. The third-order valence-corrected chi connectivity index (χ3v) is 2.36. The Morgan fingerprint density at radius 3 is 2.59 bits per heavy atom. The van der Waals surface area contributed by atoms with Gasteiger partial charge in [0.1, 0.15) is 0 Å². The van der Waals surface area contributed by atoms with Crippen LogP contribution >= 0.6 is 0 Å². The van der Waals surface area contributed by atoms with Crippen LogP contribution in [-0.4, -0.2) is 24.2 Å². The van der Waals surface area contributed by atoms with Crippen molar-refractivity contribution in [3.05, 3.63) is 29.6 Å². The molecule has 17 heavy (non-hydrogen) atoms. The van der Waals surface area contributed by atoms with Crippen LogP contribution in [0.2, 0.25) is 0 Å². The molecule has 1 aromatic carbocycles. The summed E-state index contributed by atoms with van der Waals surface area (Å²) >= 11 is 0. The Labute approximate surface area is 99.4 Å². The Morgan fingerprint density at radius 1 is 1.47 bits per heavy atom. The van der Waals surface area contributed by atoms with Gasteiger partial charge in [0.05, 0.1) is 6.10 Å². The van der Waals surface area contributed by atoms with Gasteiger partial charge in [0.2, 0.25) is 0 Å². The molecule has 2 atom stereocenters. The summed E-state index contributed by atoms with van der Waals surface area (Å²) in [7, 11) is 1.48. The molecular weight excluding hydrogens is 225 g/mol. The van der Waals surface area contributed by atoms with Crippen molar-refractivity contribution in [2.45, 2.75) is 26.1 Å². The molecule has 0 spiro atoms. The van der Waals surface area contributed by atoms with E-state index in [1.54, 1.807) is 13.0 Å². The molecule has 2 N–H and O–H groups in total. The molecule has 1 amide bonds. The first-order chi connectivity index (χ1) is 7.95. The Kier molecular flexibility index (Phi) is 4.45. The van der Waals surface area contributed by atoms with E-state index in [-0.39, 0.29) is 11.7 Å². The zero-order chi connectivity index (χ0) is 13.0.